The minimum atomic E-state index is -0.0418. The second kappa shape index (κ2) is 11.0. The molecule has 3 aromatic rings. The van der Waals surface area contributed by atoms with Gasteiger partial charge in [0.15, 0.2) is 11.0 Å². The second-order valence-corrected chi connectivity index (χ2v) is 9.42. The summed E-state index contributed by atoms with van der Waals surface area (Å²) < 4.78 is 2.07. The van der Waals surface area contributed by atoms with Crippen LogP contribution in [0.15, 0.2) is 53.7 Å². The molecule has 1 aliphatic rings. The topological polar surface area (TPSA) is 66.3 Å². The van der Waals surface area contributed by atoms with Crippen molar-refractivity contribution in [3.05, 3.63) is 59.7 Å². The fourth-order valence-electron chi connectivity index (χ4n) is 4.04. The van der Waals surface area contributed by atoms with Crippen molar-refractivity contribution in [3.63, 3.8) is 0 Å². The number of amides is 1. The molecule has 2 heterocycles. The first kappa shape index (κ1) is 23.5. The Labute approximate surface area is 200 Å². The Morgan fingerprint density at radius 2 is 1.85 bits per heavy atom. The number of benzene rings is 2. The summed E-state index contributed by atoms with van der Waals surface area (Å²) in [5, 5.41) is 12.6. The van der Waals surface area contributed by atoms with E-state index in [4.69, 9.17) is 0 Å². The van der Waals surface area contributed by atoms with Gasteiger partial charge in [-0.25, -0.2) is 0 Å². The van der Waals surface area contributed by atoms with Crippen LogP contribution >= 0.6 is 11.8 Å². The molecule has 1 fully saturated rings. The van der Waals surface area contributed by atoms with Crippen LogP contribution in [0.5, 0.6) is 0 Å². The van der Waals surface area contributed by atoms with Crippen LogP contribution in [0.25, 0.3) is 11.4 Å². The molecule has 33 heavy (non-hydrogen) atoms. The fourth-order valence-corrected chi connectivity index (χ4v) is 4.84. The Kier molecular flexibility index (Phi) is 7.80. The van der Waals surface area contributed by atoms with Gasteiger partial charge in [-0.2, -0.15) is 0 Å². The number of thioether (sulfide) groups is 1. The van der Waals surface area contributed by atoms with Gasteiger partial charge < -0.3 is 14.8 Å². The number of rotatable bonds is 8. The van der Waals surface area contributed by atoms with E-state index in [-0.39, 0.29) is 11.7 Å². The molecule has 0 spiro atoms. The first-order valence-corrected chi connectivity index (χ1v) is 12.4. The third kappa shape index (κ3) is 6.01. The zero-order chi connectivity index (χ0) is 23.2. The van der Waals surface area contributed by atoms with Crippen LogP contribution in [0, 0.1) is 6.92 Å². The molecule has 0 radical (unpaired) electrons. The Bertz CT molecular complexity index is 1090. The van der Waals surface area contributed by atoms with Crippen LogP contribution in [0.3, 0.4) is 0 Å². The smallest absolute Gasteiger partial charge is 0.234 e. The van der Waals surface area contributed by atoms with Gasteiger partial charge in [0, 0.05) is 50.5 Å². The van der Waals surface area contributed by atoms with Crippen molar-refractivity contribution in [2.45, 2.75) is 32.1 Å². The molecule has 0 atom stereocenters. The van der Waals surface area contributed by atoms with Gasteiger partial charge in [-0.3, -0.25) is 9.69 Å². The molecule has 1 saturated heterocycles. The summed E-state index contributed by atoms with van der Waals surface area (Å²) in [5.74, 6) is 1.09. The summed E-state index contributed by atoms with van der Waals surface area (Å²) in [4.78, 5) is 17.5. The summed E-state index contributed by atoms with van der Waals surface area (Å²) in [6.45, 7) is 10.1. The molecular weight excluding hydrogens is 432 g/mol. The summed E-state index contributed by atoms with van der Waals surface area (Å²) in [6, 6.07) is 16.3. The van der Waals surface area contributed by atoms with Gasteiger partial charge in [0.1, 0.15) is 0 Å². The molecule has 1 N–H and O–H groups in total. The maximum atomic E-state index is 12.6. The lowest BCUT2D eigenvalue weighted by atomic mass is 10.1. The van der Waals surface area contributed by atoms with Crippen molar-refractivity contribution < 1.29 is 4.79 Å². The van der Waals surface area contributed by atoms with Gasteiger partial charge in [-0.1, -0.05) is 48.2 Å². The van der Waals surface area contributed by atoms with Crippen LogP contribution in [0.2, 0.25) is 0 Å². The monoisotopic (exact) mass is 464 g/mol. The number of carbonyl (C=O) groups excluding carboxylic acids is 1. The lowest BCUT2D eigenvalue weighted by Crippen LogP contribution is -2.43. The van der Waals surface area contributed by atoms with Crippen molar-refractivity contribution >= 4 is 23.4 Å². The summed E-state index contributed by atoms with van der Waals surface area (Å²) >= 11 is 1.42. The van der Waals surface area contributed by atoms with Crippen LogP contribution in [-0.2, 0) is 17.9 Å². The van der Waals surface area contributed by atoms with E-state index >= 15 is 0 Å². The predicted molar refractivity (Wildman–Crippen MR) is 134 cm³/mol. The van der Waals surface area contributed by atoms with Crippen molar-refractivity contribution in [1.29, 1.82) is 0 Å². The number of hydrogen-bond donors (Lipinski definition) is 1. The highest BCUT2D eigenvalue weighted by Gasteiger charge is 2.17. The highest BCUT2D eigenvalue weighted by atomic mass is 32.2. The number of nitrogens with zero attached hydrogens (tertiary/aromatic N) is 5. The maximum absolute atomic E-state index is 12.6. The predicted octanol–water partition coefficient (Wildman–Crippen LogP) is 3.75. The first-order valence-electron chi connectivity index (χ1n) is 11.4. The molecule has 1 aliphatic heterocycles. The molecule has 174 valence electrons. The van der Waals surface area contributed by atoms with E-state index in [1.807, 2.05) is 24.3 Å². The molecule has 1 aromatic heterocycles. The summed E-state index contributed by atoms with van der Waals surface area (Å²) in [7, 11) is 2.16. The number of aryl methyl sites for hydroxylation is 1. The Hall–Kier alpha value is -2.68. The average molecular weight is 465 g/mol. The Morgan fingerprint density at radius 3 is 2.61 bits per heavy atom. The minimum absolute atomic E-state index is 0.0418. The van der Waals surface area contributed by atoms with E-state index < -0.39 is 0 Å². The fraction of sp³-hybridized carbons (Fsp3) is 0.400. The highest BCUT2D eigenvalue weighted by molar-refractivity contribution is 7.99. The van der Waals surface area contributed by atoms with Crippen LogP contribution in [0.1, 0.15) is 18.1 Å². The van der Waals surface area contributed by atoms with Gasteiger partial charge in [-0.05, 0) is 44.2 Å². The Balaban J connectivity index is 1.35. The number of piperazine rings is 1. The van der Waals surface area contributed by atoms with Gasteiger partial charge in [-0.15, -0.1) is 10.2 Å². The van der Waals surface area contributed by atoms with Crippen LogP contribution < -0.4 is 5.32 Å². The molecule has 8 heteroatoms. The zero-order valence-electron chi connectivity index (χ0n) is 19.6. The number of carbonyl (C=O) groups is 1. The summed E-state index contributed by atoms with van der Waals surface area (Å²) in [5.41, 5.74) is 4.29. The SMILES string of the molecule is CCn1c(SCC(=O)Nc2cccc(CN3CCN(C)CC3)c2)nnc1-c1ccccc1C. The van der Waals surface area contributed by atoms with E-state index in [0.29, 0.717) is 0 Å². The minimum Gasteiger partial charge on any atom is -0.325 e. The molecular formula is C25H32N6OS. The second-order valence-electron chi connectivity index (χ2n) is 8.48. The van der Waals surface area contributed by atoms with E-state index in [0.717, 1.165) is 67.1 Å². The molecule has 0 bridgehead atoms. The third-order valence-corrected chi connectivity index (χ3v) is 6.93. The van der Waals surface area contributed by atoms with E-state index in [1.54, 1.807) is 0 Å². The normalized spacial score (nSPS) is 15.0. The van der Waals surface area contributed by atoms with E-state index in [2.05, 4.69) is 75.0 Å². The molecule has 0 unspecified atom stereocenters. The molecule has 7 nitrogen and oxygen atoms in total. The first-order chi connectivity index (χ1) is 16.0. The van der Waals surface area contributed by atoms with Gasteiger partial charge >= 0.3 is 0 Å². The van der Waals surface area contributed by atoms with Gasteiger partial charge in [0.25, 0.3) is 0 Å². The van der Waals surface area contributed by atoms with E-state index in [9.17, 15) is 4.79 Å². The number of aromatic nitrogens is 3. The third-order valence-electron chi connectivity index (χ3n) is 5.96. The molecule has 0 aliphatic carbocycles. The van der Waals surface area contributed by atoms with Gasteiger partial charge in [0.2, 0.25) is 5.91 Å². The molecule has 4 rings (SSSR count). The Morgan fingerprint density at radius 1 is 1.06 bits per heavy atom. The lowest BCUT2D eigenvalue weighted by Gasteiger charge is -2.32. The van der Waals surface area contributed by atoms with Crippen LogP contribution in [-0.4, -0.2) is 69.5 Å². The number of likely N-dealkylation sites (N-methyl/N-ethyl adjacent to an activating group) is 1. The van der Waals surface area contributed by atoms with Crippen molar-refractivity contribution in [2.75, 3.05) is 44.3 Å². The highest BCUT2D eigenvalue weighted by Crippen LogP contribution is 2.26. The van der Waals surface area contributed by atoms with Crippen molar-refractivity contribution in [3.8, 4) is 11.4 Å². The zero-order valence-corrected chi connectivity index (χ0v) is 20.4. The van der Waals surface area contributed by atoms with Gasteiger partial charge in [0.05, 0.1) is 5.75 Å². The van der Waals surface area contributed by atoms with Crippen molar-refractivity contribution in [2.24, 2.45) is 0 Å². The molecule has 1 amide bonds. The maximum Gasteiger partial charge on any atom is 0.234 e. The standard InChI is InChI=1S/C25H32N6OS/c1-4-31-24(22-11-6-5-8-19(22)2)27-28-25(31)33-18-23(32)26-21-10-7-9-20(16-21)17-30-14-12-29(3)13-15-30/h5-11,16H,4,12-15,17-18H2,1-3H3,(H,26,32). The molecule has 2 aromatic carbocycles. The number of nitrogens with one attached hydrogen (secondary N) is 1. The van der Waals surface area contributed by atoms with E-state index in [1.165, 1.54) is 17.3 Å². The number of anilines is 1. The quantitative estimate of drug-likeness (QED) is 0.512. The lowest BCUT2D eigenvalue weighted by molar-refractivity contribution is -0.113. The number of hydrogen-bond acceptors (Lipinski definition) is 6. The average Bonchev–Trinajstić information content (AvgIpc) is 3.22. The summed E-state index contributed by atoms with van der Waals surface area (Å²) in [6.07, 6.45) is 0. The largest absolute Gasteiger partial charge is 0.325 e. The van der Waals surface area contributed by atoms with Crippen molar-refractivity contribution in [1.82, 2.24) is 24.6 Å². The molecule has 0 saturated carbocycles. The van der Waals surface area contributed by atoms with Crippen LogP contribution in [0.4, 0.5) is 5.69 Å².